The molecule has 0 aliphatic carbocycles. The van der Waals surface area contributed by atoms with E-state index in [0.29, 0.717) is 12.2 Å². The summed E-state index contributed by atoms with van der Waals surface area (Å²) in [5.41, 5.74) is 0.489. The van der Waals surface area contributed by atoms with E-state index in [0.717, 1.165) is 12.8 Å². The third-order valence-electron chi connectivity index (χ3n) is 4.94. The Kier molecular flexibility index (Phi) is 20.4. The van der Waals surface area contributed by atoms with Crippen LogP contribution >= 0.6 is 45.9 Å². The molecule has 0 fully saturated rings. The highest BCUT2D eigenvalue weighted by Crippen LogP contribution is 2.33. The van der Waals surface area contributed by atoms with Gasteiger partial charge in [0.25, 0.3) is 3.93 Å². The van der Waals surface area contributed by atoms with Crippen molar-refractivity contribution in [1.29, 1.82) is 0 Å². The first-order chi connectivity index (χ1) is 13.3. The molecule has 0 aromatic rings. The van der Waals surface area contributed by atoms with Gasteiger partial charge in [0.05, 0.1) is 6.61 Å². The van der Waals surface area contributed by atoms with Crippen LogP contribution in [0.5, 0.6) is 0 Å². The zero-order valence-corrected chi connectivity index (χ0v) is 23.6. The molecule has 0 amide bonds. The van der Waals surface area contributed by atoms with Crippen molar-refractivity contribution >= 4 is 55.8 Å². The predicted molar refractivity (Wildman–Crippen MR) is 137 cm³/mol. The molecule has 0 aromatic carbocycles. The second kappa shape index (κ2) is 19.8. The van der Waals surface area contributed by atoms with E-state index in [-0.39, 0.29) is 5.97 Å². The molecular weight excluding hydrogens is 564 g/mol. The lowest BCUT2D eigenvalue weighted by Gasteiger charge is -2.08. The van der Waals surface area contributed by atoms with Crippen LogP contribution in [0.3, 0.4) is 0 Å². The summed E-state index contributed by atoms with van der Waals surface area (Å²) in [5.74, 6) is -0.257. The SMILES string of the molecule is C=C(C)C(=O)OCCCCCCCCCCCCCCCCCC[Si](Br)(Br)Br. The van der Waals surface area contributed by atoms with Crippen LogP contribution in [0.15, 0.2) is 12.2 Å². The zero-order chi connectivity index (χ0) is 21.1. The Labute approximate surface area is 198 Å². The fraction of sp³-hybridized carbons (Fsp3) is 0.864. The number of hydrogen-bond donors (Lipinski definition) is 0. The van der Waals surface area contributed by atoms with Crippen LogP contribution in [-0.4, -0.2) is 16.5 Å². The molecule has 0 spiro atoms. The van der Waals surface area contributed by atoms with Crippen molar-refractivity contribution < 1.29 is 9.53 Å². The Bertz CT molecular complexity index is 398. The van der Waals surface area contributed by atoms with Crippen molar-refractivity contribution in [2.24, 2.45) is 0 Å². The summed E-state index contributed by atoms with van der Waals surface area (Å²) in [4.78, 5) is 11.2. The van der Waals surface area contributed by atoms with E-state index in [1.54, 1.807) is 6.92 Å². The van der Waals surface area contributed by atoms with E-state index in [2.05, 4.69) is 52.5 Å². The van der Waals surface area contributed by atoms with E-state index in [4.69, 9.17) is 4.74 Å². The highest BCUT2D eigenvalue weighted by molar-refractivity contribution is 9.72. The fourth-order valence-electron chi connectivity index (χ4n) is 3.19. The quantitative estimate of drug-likeness (QED) is 0.0455. The molecule has 0 N–H and O–H groups in total. The van der Waals surface area contributed by atoms with Gasteiger partial charge in [-0.3, -0.25) is 0 Å². The number of hydrogen-bond acceptors (Lipinski definition) is 2. The van der Waals surface area contributed by atoms with Crippen LogP contribution in [0, 0.1) is 0 Å². The summed E-state index contributed by atoms with van der Waals surface area (Å²) in [5, 5.41) is 0. The highest BCUT2D eigenvalue weighted by atomic mass is 80.0. The number of carbonyl (C=O) groups excluding carboxylic acids is 1. The second-order valence-corrected chi connectivity index (χ2v) is 31.4. The van der Waals surface area contributed by atoms with Crippen LogP contribution in [0.1, 0.15) is 110 Å². The van der Waals surface area contributed by atoms with Gasteiger partial charge in [-0.05, 0) is 19.4 Å². The Balaban J connectivity index is 3.10. The van der Waals surface area contributed by atoms with E-state index >= 15 is 0 Å². The van der Waals surface area contributed by atoms with Crippen molar-refractivity contribution in [3.05, 3.63) is 12.2 Å². The maximum absolute atomic E-state index is 11.2. The molecule has 0 saturated carbocycles. The van der Waals surface area contributed by atoms with Gasteiger partial charge < -0.3 is 4.74 Å². The third kappa shape index (κ3) is 23.1. The summed E-state index contributed by atoms with van der Waals surface area (Å²) in [6.45, 7) is 5.81. The van der Waals surface area contributed by atoms with Gasteiger partial charge in [0, 0.05) is 5.57 Å². The van der Waals surface area contributed by atoms with Crippen LogP contribution in [0.4, 0.5) is 0 Å². The van der Waals surface area contributed by atoms with Crippen LogP contribution < -0.4 is 0 Å². The fourth-order valence-corrected chi connectivity index (χ4v) is 6.36. The Morgan fingerprint density at radius 2 is 1.00 bits per heavy atom. The zero-order valence-electron chi connectivity index (χ0n) is 17.9. The van der Waals surface area contributed by atoms with Crippen LogP contribution in [-0.2, 0) is 9.53 Å². The van der Waals surface area contributed by atoms with Gasteiger partial charge in [0.2, 0.25) is 0 Å². The molecule has 0 atom stereocenters. The van der Waals surface area contributed by atoms with Gasteiger partial charge in [0.1, 0.15) is 0 Å². The Hall–Kier alpha value is 0.867. The summed E-state index contributed by atoms with van der Waals surface area (Å²) >= 11 is 11.1. The maximum atomic E-state index is 11.2. The van der Waals surface area contributed by atoms with Crippen LogP contribution in [0.2, 0.25) is 6.04 Å². The first-order valence-electron chi connectivity index (χ1n) is 11.2. The van der Waals surface area contributed by atoms with Crippen molar-refractivity contribution in [1.82, 2.24) is 0 Å². The minimum atomic E-state index is -1.36. The van der Waals surface area contributed by atoms with Crippen LogP contribution in [0.25, 0.3) is 0 Å². The number of unbranched alkanes of at least 4 members (excludes halogenated alkanes) is 15. The van der Waals surface area contributed by atoms with Crippen molar-refractivity contribution in [3.63, 3.8) is 0 Å². The number of rotatable bonds is 20. The monoisotopic (exact) mass is 602 g/mol. The van der Waals surface area contributed by atoms with E-state index in [1.165, 1.54) is 95.9 Å². The summed E-state index contributed by atoms with van der Waals surface area (Å²) in [6.07, 6.45) is 21.4. The first kappa shape index (κ1) is 28.9. The van der Waals surface area contributed by atoms with Gasteiger partial charge in [-0.25, -0.2) is 4.79 Å². The predicted octanol–water partition coefficient (Wildman–Crippen LogP) is 9.47. The standard InChI is InChI=1S/C22H41Br3O2Si/c1-21(2)22(26)27-19-17-15-13-11-9-7-5-3-4-6-8-10-12-14-16-18-20-28(23,24)25/h1,3-20H2,2H3. The molecule has 0 aliphatic heterocycles. The van der Waals surface area contributed by atoms with Gasteiger partial charge in [-0.2, -0.15) is 0 Å². The lowest BCUT2D eigenvalue weighted by atomic mass is 10.0. The van der Waals surface area contributed by atoms with Crippen molar-refractivity contribution in [2.45, 2.75) is 116 Å². The molecule has 0 radical (unpaired) electrons. The molecule has 0 heterocycles. The molecule has 166 valence electrons. The topological polar surface area (TPSA) is 26.3 Å². The smallest absolute Gasteiger partial charge is 0.333 e. The first-order valence-corrected chi connectivity index (χ1v) is 20.2. The number of esters is 1. The molecule has 0 rings (SSSR count). The van der Waals surface area contributed by atoms with E-state index < -0.39 is 3.93 Å². The summed E-state index contributed by atoms with van der Waals surface area (Å²) < 4.78 is 3.74. The minimum Gasteiger partial charge on any atom is -0.462 e. The van der Waals surface area contributed by atoms with Crippen molar-refractivity contribution in [2.75, 3.05) is 6.61 Å². The van der Waals surface area contributed by atoms with Gasteiger partial charge in [0.15, 0.2) is 0 Å². The van der Waals surface area contributed by atoms with Gasteiger partial charge in [-0.1, -0.05) is 149 Å². The number of carbonyl (C=O) groups is 1. The largest absolute Gasteiger partial charge is 0.462 e. The lowest BCUT2D eigenvalue weighted by Crippen LogP contribution is -2.05. The molecule has 0 aliphatic rings. The molecule has 0 aromatic heterocycles. The summed E-state index contributed by atoms with van der Waals surface area (Å²) in [6, 6.07) is 1.26. The molecule has 6 heteroatoms. The minimum absolute atomic E-state index is 0.257. The average Bonchev–Trinajstić information content (AvgIpc) is 2.62. The normalized spacial score (nSPS) is 11.6. The summed E-state index contributed by atoms with van der Waals surface area (Å²) in [7, 11) is 0. The van der Waals surface area contributed by atoms with Crippen molar-refractivity contribution in [3.8, 4) is 0 Å². The molecular formula is C22H41Br3O2Si. The maximum Gasteiger partial charge on any atom is 0.333 e. The Morgan fingerprint density at radius 1 is 0.679 bits per heavy atom. The average molecular weight is 605 g/mol. The molecule has 28 heavy (non-hydrogen) atoms. The lowest BCUT2D eigenvalue weighted by molar-refractivity contribution is -0.139. The van der Waals surface area contributed by atoms with E-state index in [9.17, 15) is 4.79 Å². The number of ether oxygens (including phenoxy) is 1. The number of halogens is 3. The Morgan fingerprint density at radius 3 is 1.32 bits per heavy atom. The molecule has 0 bridgehead atoms. The van der Waals surface area contributed by atoms with Gasteiger partial charge in [-0.15, -0.1) is 0 Å². The third-order valence-corrected chi connectivity index (χ3v) is 9.43. The van der Waals surface area contributed by atoms with Gasteiger partial charge >= 0.3 is 5.97 Å². The highest BCUT2D eigenvalue weighted by Gasteiger charge is 2.20. The molecule has 0 unspecified atom stereocenters. The van der Waals surface area contributed by atoms with E-state index in [1.807, 2.05) is 0 Å². The second-order valence-electron chi connectivity index (χ2n) is 7.94. The molecule has 2 nitrogen and oxygen atoms in total. The molecule has 0 saturated heterocycles.